The van der Waals surface area contributed by atoms with Gasteiger partial charge < -0.3 is 10.4 Å². The van der Waals surface area contributed by atoms with Crippen molar-refractivity contribution in [3.8, 4) is 11.6 Å². The van der Waals surface area contributed by atoms with Crippen LogP contribution in [0.2, 0.25) is 0 Å². The quantitative estimate of drug-likeness (QED) is 0.665. The Kier molecular flexibility index (Phi) is 5.39. The van der Waals surface area contributed by atoms with Gasteiger partial charge in [-0.3, -0.25) is 4.21 Å². The zero-order valence-electron chi connectivity index (χ0n) is 12.9. The van der Waals surface area contributed by atoms with Gasteiger partial charge in [-0.1, -0.05) is 12.1 Å². The molecule has 2 aromatic heterocycles. The van der Waals surface area contributed by atoms with Crippen LogP contribution in [0.4, 0.5) is 5.82 Å². The van der Waals surface area contributed by atoms with Crippen molar-refractivity contribution in [2.45, 2.75) is 0 Å². The van der Waals surface area contributed by atoms with Gasteiger partial charge in [-0.2, -0.15) is 0 Å². The van der Waals surface area contributed by atoms with Crippen LogP contribution in [0.3, 0.4) is 0 Å². The molecule has 0 amide bonds. The molecule has 3 rings (SSSR count). The van der Waals surface area contributed by atoms with Gasteiger partial charge in [0.1, 0.15) is 5.82 Å². The summed E-state index contributed by atoms with van der Waals surface area (Å²) in [5, 5.41) is 12.9. The van der Waals surface area contributed by atoms with Crippen LogP contribution in [0.5, 0.6) is 0 Å². The van der Waals surface area contributed by atoms with Crippen molar-refractivity contribution in [3.05, 3.63) is 42.7 Å². The van der Waals surface area contributed by atoms with E-state index in [1.807, 2.05) is 24.3 Å². The van der Waals surface area contributed by atoms with E-state index in [0.29, 0.717) is 29.8 Å². The predicted octanol–water partition coefficient (Wildman–Crippen LogP) is 1.24. The summed E-state index contributed by atoms with van der Waals surface area (Å²) in [4.78, 5) is 17.4. The van der Waals surface area contributed by atoms with Gasteiger partial charge in [-0.05, 0) is 18.2 Å². The highest BCUT2D eigenvalue weighted by atomic mass is 32.2. The largest absolute Gasteiger partial charge is 0.395 e. The second-order valence-electron chi connectivity index (χ2n) is 4.98. The molecule has 7 nitrogen and oxygen atoms in total. The van der Waals surface area contributed by atoms with Crippen LogP contribution < -0.4 is 5.32 Å². The first kappa shape index (κ1) is 16.4. The number of aliphatic hydroxyl groups is 1. The van der Waals surface area contributed by atoms with Gasteiger partial charge in [0.2, 0.25) is 0 Å². The van der Waals surface area contributed by atoms with Crippen molar-refractivity contribution < 1.29 is 9.32 Å². The van der Waals surface area contributed by atoms with E-state index in [-0.39, 0.29) is 12.4 Å². The number of aromatic nitrogens is 4. The number of benzene rings is 1. The summed E-state index contributed by atoms with van der Waals surface area (Å²) in [6.45, 7) is 0.418. The molecule has 24 heavy (non-hydrogen) atoms. The van der Waals surface area contributed by atoms with E-state index in [0.717, 1.165) is 10.9 Å². The minimum atomic E-state index is -1.05. The number of anilines is 1. The topological polar surface area (TPSA) is 101 Å². The maximum atomic E-state index is 11.6. The van der Waals surface area contributed by atoms with Crippen molar-refractivity contribution in [1.82, 2.24) is 19.9 Å². The van der Waals surface area contributed by atoms with Crippen LogP contribution in [-0.2, 0) is 10.8 Å². The number of nitrogens with one attached hydrogen (secondary N) is 1. The van der Waals surface area contributed by atoms with Crippen LogP contribution in [0.25, 0.3) is 22.6 Å². The Morgan fingerprint density at radius 1 is 1.00 bits per heavy atom. The minimum absolute atomic E-state index is 0.0709. The fraction of sp³-hybridized carbons (Fsp3) is 0.250. The summed E-state index contributed by atoms with van der Waals surface area (Å²) in [5.74, 6) is 2.28. The number of hydrogen-bond acceptors (Lipinski definition) is 7. The van der Waals surface area contributed by atoms with Crippen LogP contribution in [0.1, 0.15) is 0 Å². The number of rotatable bonds is 7. The molecule has 3 aromatic rings. The molecule has 0 saturated carbocycles. The van der Waals surface area contributed by atoms with Crippen LogP contribution in [0.15, 0.2) is 42.7 Å². The molecule has 0 aliphatic carbocycles. The Morgan fingerprint density at radius 3 is 2.58 bits per heavy atom. The monoisotopic (exact) mass is 343 g/mol. The maximum Gasteiger partial charge on any atom is 0.200 e. The molecule has 124 valence electrons. The van der Waals surface area contributed by atoms with Gasteiger partial charge in [0.15, 0.2) is 11.6 Å². The molecule has 0 aliphatic rings. The number of aliphatic hydroxyl groups excluding tert-OH is 1. The molecule has 0 fully saturated rings. The standard InChI is InChI=1S/C16H17N5O2S/c22-9-11-24(23)10-8-19-14-12-4-1-2-5-13(12)20-16(21-14)15-17-6-3-7-18-15/h1-7,22H,8-11H2,(H,19,20,21). The highest BCUT2D eigenvalue weighted by Crippen LogP contribution is 2.22. The van der Waals surface area contributed by atoms with Gasteiger partial charge in [-0.15, -0.1) is 0 Å². The summed E-state index contributed by atoms with van der Waals surface area (Å²) in [5.41, 5.74) is 0.786. The zero-order valence-corrected chi connectivity index (χ0v) is 13.7. The number of hydrogen-bond donors (Lipinski definition) is 2. The number of nitrogens with zero attached hydrogens (tertiary/aromatic N) is 4. The Morgan fingerprint density at radius 2 is 1.79 bits per heavy atom. The average molecular weight is 343 g/mol. The fourth-order valence-corrected chi connectivity index (χ4v) is 2.95. The number of fused-ring (bicyclic) bond motifs is 1. The molecule has 1 unspecified atom stereocenters. The Balaban J connectivity index is 1.89. The van der Waals surface area contributed by atoms with Crippen LogP contribution >= 0.6 is 0 Å². The van der Waals surface area contributed by atoms with Crippen molar-refractivity contribution in [2.75, 3.05) is 30.0 Å². The van der Waals surface area contributed by atoms with E-state index in [1.165, 1.54) is 0 Å². The molecule has 1 atom stereocenters. The normalized spacial score (nSPS) is 12.2. The van der Waals surface area contributed by atoms with Crippen molar-refractivity contribution in [3.63, 3.8) is 0 Å². The Hall–Kier alpha value is -2.45. The number of para-hydroxylation sites is 1. The lowest BCUT2D eigenvalue weighted by atomic mass is 10.2. The van der Waals surface area contributed by atoms with Crippen molar-refractivity contribution in [2.24, 2.45) is 0 Å². The summed E-state index contributed by atoms with van der Waals surface area (Å²) in [7, 11) is -1.05. The first-order valence-corrected chi connectivity index (χ1v) is 9.00. The maximum absolute atomic E-state index is 11.6. The summed E-state index contributed by atoms with van der Waals surface area (Å²) in [6.07, 6.45) is 3.29. The van der Waals surface area contributed by atoms with Crippen LogP contribution in [-0.4, -0.2) is 53.9 Å². The molecule has 8 heteroatoms. The zero-order chi connectivity index (χ0) is 16.8. The third-order valence-corrected chi connectivity index (χ3v) is 4.61. The molecule has 2 heterocycles. The molecule has 0 spiro atoms. The SMILES string of the molecule is O=S(CCO)CCNc1nc(-c2ncccn2)nc2ccccc12. The Labute approximate surface area is 141 Å². The van der Waals surface area contributed by atoms with Gasteiger partial charge in [0.25, 0.3) is 0 Å². The molecule has 2 N–H and O–H groups in total. The summed E-state index contributed by atoms with van der Waals surface area (Å²) < 4.78 is 11.6. The van der Waals surface area contributed by atoms with Gasteiger partial charge >= 0.3 is 0 Å². The lowest BCUT2D eigenvalue weighted by molar-refractivity contribution is 0.321. The molecular weight excluding hydrogens is 326 g/mol. The predicted molar refractivity (Wildman–Crippen MR) is 94.0 cm³/mol. The average Bonchev–Trinajstić information content (AvgIpc) is 2.62. The van der Waals surface area contributed by atoms with Gasteiger partial charge in [0.05, 0.1) is 12.1 Å². The molecule has 0 radical (unpaired) electrons. The second kappa shape index (κ2) is 7.89. The van der Waals surface area contributed by atoms with Gasteiger partial charge in [-0.25, -0.2) is 19.9 Å². The van der Waals surface area contributed by atoms with E-state index in [1.54, 1.807) is 18.5 Å². The van der Waals surface area contributed by atoms with E-state index in [9.17, 15) is 4.21 Å². The third kappa shape index (κ3) is 3.90. The summed E-state index contributed by atoms with van der Waals surface area (Å²) >= 11 is 0. The Bertz CT molecular complexity index is 844. The smallest absolute Gasteiger partial charge is 0.200 e. The third-order valence-electron chi connectivity index (χ3n) is 3.31. The molecule has 0 aliphatic heterocycles. The van der Waals surface area contributed by atoms with E-state index in [4.69, 9.17) is 5.11 Å². The fourth-order valence-electron chi connectivity index (χ4n) is 2.21. The molecule has 1 aromatic carbocycles. The first-order valence-electron chi connectivity index (χ1n) is 7.52. The lowest BCUT2D eigenvalue weighted by Crippen LogP contribution is -2.15. The van der Waals surface area contributed by atoms with E-state index in [2.05, 4.69) is 25.3 Å². The second-order valence-corrected chi connectivity index (χ2v) is 6.68. The van der Waals surface area contributed by atoms with Crippen molar-refractivity contribution in [1.29, 1.82) is 0 Å². The van der Waals surface area contributed by atoms with Crippen molar-refractivity contribution >= 4 is 27.5 Å². The lowest BCUT2D eigenvalue weighted by Gasteiger charge is -2.10. The van der Waals surface area contributed by atoms with E-state index >= 15 is 0 Å². The highest BCUT2D eigenvalue weighted by molar-refractivity contribution is 7.85. The van der Waals surface area contributed by atoms with Gasteiger partial charge in [0, 0.05) is 46.6 Å². The molecule has 0 saturated heterocycles. The molecular formula is C16H17N5O2S. The van der Waals surface area contributed by atoms with Crippen LogP contribution in [0, 0.1) is 0 Å². The van der Waals surface area contributed by atoms with E-state index < -0.39 is 10.8 Å². The highest BCUT2D eigenvalue weighted by Gasteiger charge is 2.11. The molecule has 0 bridgehead atoms. The summed E-state index contributed by atoms with van der Waals surface area (Å²) in [6, 6.07) is 9.39. The minimum Gasteiger partial charge on any atom is -0.395 e. The first-order chi connectivity index (χ1) is 11.8.